The van der Waals surface area contributed by atoms with Crippen molar-refractivity contribution in [2.45, 2.75) is 9.79 Å². The van der Waals surface area contributed by atoms with E-state index in [1.807, 2.05) is 12.3 Å². The molecule has 20 heavy (non-hydrogen) atoms. The Hall–Kier alpha value is -1.23. The number of ketones is 2. The highest BCUT2D eigenvalue weighted by Crippen LogP contribution is 2.33. The van der Waals surface area contributed by atoms with Gasteiger partial charge in [0, 0.05) is 32.0 Å². The van der Waals surface area contributed by atoms with E-state index in [4.69, 9.17) is 10.7 Å². The van der Waals surface area contributed by atoms with Crippen LogP contribution in [-0.2, 0) is 0 Å². The average Bonchev–Trinajstić information content (AvgIpc) is 2.51. The summed E-state index contributed by atoms with van der Waals surface area (Å²) in [5.41, 5.74) is 1.85. The van der Waals surface area contributed by atoms with Gasteiger partial charge in [0.25, 0.3) is 0 Å². The highest BCUT2D eigenvalue weighted by atomic mass is 35.7. The summed E-state index contributed by atoms with van der Waals surface area (Å²) in [5, 5.41) is 0. The Balaban J connectivity index is 2.22. The maximum atomic E-state index is 12.6. The second-order valence-electron chi connectivity index (χ2n) is 4.35. The van der Waals surface area contributed by atoms with Gasteiger partial charge in [0.15, 0.2) is 11.6 Å². The van der Waals surface area contributed by atoms with Crippen molar-refractivity contribution in [1.82, 2.24) is 0 Å². The molecule has 1 aliphatic carbocycles. The van der Waals surface area contributed by atoms with Crippen molar-refractivity contribution in [2.75, 3.05) is 6.26 Å². The van der Waals surface area contributed by atoms with Crippen LogP contribution in [0.25, 0.3) is 0 Å². The van der Waals surface area contributed by atoms with Gasteiger partial charge in [-0.1, -0.05) is 0 Å². The lowest BCUT2D eigenvalue weighted by molar-refractivity contribution is 0.0978. The molecule has 2 aromatic rings. The largest absolute Gasteiger partial charge is 0.289 e. The molecule has 100 valence electrons. The summed E-state index contributed by atoms with van der Waals surface area (Å²) in [4.78, 5) is 26.8. The Morgan fingerprint density at radius 2 is 1.30 bits per heavy atom. The van der Waals surface area contributed by atoms with Crippen LogP contribution in [0.1, 0.15) is 31.8 Å². The molecule has 0 aliphatic heterocycles. The van der Waals surface area contributed by atoms with Crippen molar-refractivity contribution in [2.24, 2.45) is 0 Å². The van der Waals surface area contributed by atoms with E-state index in [0.717, 1.165) is 20.8 Å². The zero-order valence-electron chi connectivity index (χ0n) is 10.5. The number of carbonyl (C=O) groups is 2. The van der Waals surface area contributed by atoms with Gasteiger partial charge in [0.1, 0.15) is 0 Å². The summed E-state index contributed by atoms with van der Waals surface area (Å²) in [6.45, 7) is 0. The van der Waals surface area contributed by atoms with Gasteiger partial charge in [-0.3, -0.25) is 9.59 Å². The fraction of sp³-hybridized carbons (Fsp3) is 0.0667. The SMILES string of the molecule is CSc1ccc2c(c1)C(=O)c1cc(SCl)ccc1C2=O. The van der Waals surface area contributed by atoms with Crippen molar-refractivity contribution in [1.29, 1.82) is 0 Å². The summed E-state index contributed by atoms with van der Waals surface area (Å²) in [6, 6.07) is 10.5. The van der Waals surface area contributed by atoms with E-state index in [1.54, 1.807) is 42.1 Å². The summed E-state index contributed by atoms with van der Waals surface area (Å²) in [7, 11) is 6.76. The van der Waals surface area contributed by atoms with Gasteiger partial charge < -0.3 is 0 Å². The van der Waals surface area contributed by atoms with E-state index >= 15 is 0 Å². The quantitative estimate of drug-likeness (QED) is 0.654. The molecule has 2 aromatic carbocycles. The molecule has 0 radical (unpaired) electrons. The number of fused-ring (bicyclic) bond motifs is 2. The smallest absolute Gasteiger partial charge is 0.194 e. The number of benzene rings is 2. The fourth-order valence-electron chi connectivity index (χ4n) is 2.28. The molecular weight excluding hydrogens is 312 g/mol. The third kappa shape index (κ3) is 2.08. The second-order valence-corrected chi connectivity index (χ2v) is 6.32. The Kier molecular flexibility index (Phi) is 3.63. The normalized spacial score (nSPS) is 13.1. The minimum atomic E-state index is -0.113. The van der Waals surface area contributed by atoms with Gasteiger partial charge in [0.2, 0.25) is 0 Å². The minimum Gasteiger partial charge on any atom is -0.289 e. The third-order valence-corrected chi connectivity index (χ3v) is 4.98. The van der Waals surface area contributed by atoms with Crippen LogP contribution in [0.3, 0.4) is 0 Å². The highest BCUT2D eigenvalue weighted by molar-refractivity contribution is 8.21. The zero-order valence-corrected chi connectivity index (χ0v) is 12.9. The van der Waals surface area contributed by atoms with Crippen LogP contribution in [0.4, 0.5) is 0 Å². The van der Waals surface area contributed by atoms with Crippen LogP contribution in [0.2, 0.25) is 0 Å². The van der Waals surface area contributed by atoms with Crippen molar-refractivity contribution in [3.8, 4) is 0 Å². The summed E-state index contributed by atoms with van der Waals surface area (Å²) < 4.78 is 0. The molecule has 0 aromatic heterocycles. The van der Waals surface area contributed by atoms with Crippen LogP contribution in [0, 0.1) is 0 Å². The summed E-state index contributed by atoms with van der Waals surface area (Å²) in [6.07, 6.45) is 1.94. The lowest BCUT2D eigenvalue weighted by Crippen LogP contribution is -2.20. The zero-order chi connectivity index (χ0) is 14.3. The van der Waals surface area contributed by atoms with Crippen molar-refractivity contribution in [3.05, 3.63) is 58.7 Å². The maximum absolute atomic E-state index is 12.6. The van der Waals surface area contributed by atoms with Crippen LogP contribution < -0.4 is 0 Å². The molecule has 0 saturated carbocycles. The number of halogens is 1. The first-order chi connectivity index (χ1) is 9.65. The standard InChI is InChI=1S/C15H9ClO2S2/c1-19-8-2-4-10-12(6-8)15(18)13-7-9(20-16)3-5-11(13)14(10)17/h2-7H,1H3. The van der Waals surface area contributed by atoms with E-state index in [-0.39, 0.29) is 11.6 Å². The second kappa shape index (κ2) is 5.28. The Morgan fingerprint density at radius 3 is 1.85 bits per heavy atom. The average molecular weight is 321 g/mol. The van der Waals surface area contributed by atoms with E-state index in [0.29, 0.717) is 22.3 Å². The van der Waals surface area contributed by atoms with Crippen molar-refractivity contribution >= 4 is 45.0 Å². The van der Waals surface area contributed by atoms with Crippen LogP contribution >= 0.6 is 33.4 Å². The molecule has 0 unspecified atom stereocenters. The molecule has 0 N–H and O–H groups in total. The first kappa shape index (κ1) is 13.7. The van der Waals surface area contributed by atoms with E-state index in [9.17, 15) is 9.59 Å². The van der Waals surface area contributed by atoms with Crippen LogP contribution in [0.15, 0.2) is 46.2 Å². The predicted octanol–water partition coefficient (Wildman–Crippen LogP) is 4.43. The number of hydrogen-bond acceptors (Lipinski definition) is 4. The molecule has 5 heteroatoms. The Bertz CT molecular complexity index is 681. The maximum Gasteiger partial charge on any atom is 0.194 e. The van der Waals surface area contributed by atoms with Gasteiger partial charge >= 0.3 is 0 Å². The molecule has 0 fully saturated rings. The molecule has 3 rings (SSSR count). The number of hydrogen-bond donors (Lipinski definition) is 0. The molecule has 0 atom stereocenters. The lowest BCUT2D eigenvalue weighted by atomic mass is 9.84. The predicted molar refractivity (Wildman–Crippen MR) is 83.2 cm³/mol. The first-order valence-corrected chi connectivity index (χ1v) is 8.72. The van der Waals surface area contributed by atoms with Gasteiger partial charge in [-0.05, 0) is 64.3 Å². The van der Waals surface area contributed by atoms with E-state index in [2.05, 4.69) is 0 Å². The van der Waals surface area contributed by atoms with Gasteiger partial charge in [0.05, 0.1) is 0 Å². The first-order valence-electron chi connectivity index (χ1n) is 5.86. The van der Waals surface area contributed by atoms with Crippen LogP contribution in [0.5, 0.6) is 0 Å². The number of thioether (sulfide) groups is 1. The molecular formula is C15H9ClO2S2. The Morgan fingerprint density at radius 1 is 0.800 bits per heavy atom. The topological polar surface area (TPSA) is 34.1 Å². The molecule has 0 bridgehead atoms. The highest BCUT2D eigenvalue weighted by Gasteiger charge is 2.29. The fourth-order valence-corrected chi connectivity index (χ4v) is 3.29. The lowest BCUT2D eigenvalue weighted by Gasteiger charge is -2.18. The number of carbonyl (C=O) groups excluding carboxylic acids is 2. The summed E-state index contributed by atoms with van der Waals surface area (Å²) >= 11 is 1.55. The summed E-state index contributed by atoms with van der Waals surface area (Å²) in [5.74, 6) is -0.216. The van der Waals surface area contributed by atoms with Gasteiger partial charge in [-0.15, -0.1) is 11.8 Å². The molecule has 1 aliphatic rings. The van der Waals surface area contributed by atoms with E-state index < -0.39 is 0 Å². The third-order valence-electron chi connectivity index (χ3n) is 3.29. The van der Waals surface area contributed by atoms with Crippen LogP contribution in [-0.4, -0.2) is 17.8 Å². The number of rotatable bonds is 2. The Labute approximate surface area is 129 Å². The van der Waals surface area contributed by atoms with Gasteiger partial charge in [-0.2, -0.15) is 0 Å². The van der Waals surface area contributed by atoms with E-state index in [1.165, 1.54) is 0 Å². The molecule has 0 saturated heterocycles. The van der Waals surface area contributed by atoms with Gasteiger partial charge in [-0.25, -0.2) is 0 Å². The minimum absolute atomic E-state index is 0.103. The van der Waals surface area contributed by atoms with Crippen molar-refractivity contribution in [3.63, 3.8) is 0 Å². The molecule has 0 amide bonds. The monoisotopic (exact) mass is 320 g/mol. The molecule has 0 heterocycles. The molecule has 0 spiro atoms. The molecule has 2 nitrogen and oxygen atoms in total. The van der Waals surface area contributed by atoms with Crippen molar-refractivity contribution < 1.29 is 9.59 Å².